The predicted octanol–water partition coefficient (Wildman–Crippen LogP) is 3.57. The molecule has 1 aliphatic heterocycles. The average molecular weight is 381 g/mol. The summed E-state index contributed by atoms with van der Waals surface area (Å²) in [6.07, 6.45) is 2.91. The van der Waals surface area contributed by atoms with Gasteiger partial charge in [0.1, 0.15) is 5.75 Å². The van der Waals surface area contributed by atoms with Crippen LogP contribution in [0.3, 0.4) is 0 Å². The number of piperidine rings is 1. The van der Waals surface area contributed by atoms with Gasteiger partial charge in [-0.25, -0.2) is 0 Å². The van der Waals surface area contributed by atoms with Crippen molar-refractivity contribution < 1.29 is 14.3 Å². The molecule has 5 nitrogen and oxygen atoms in total. The fourth-order valence-corrected chi connectivity index (χ4v) is 3.36. The molecule has 1 aliphatic rings. The van der Waals surface area contributed by atoms with Crippen molar-refractivity contribution in [1.29, 1.82) is 0 Å². The van der Waals surface area contributed by atoms with Gasteiger partial charge in [-0.3, -0.25) is 9.59 Å². The smallest absolute Gasteiger partial charge is 0.263 e. The number of halogens is 1. The van der Waals surface area contributed by atoms with Crippen LogP contribution in [0.5, 0.6) is 5.75 Å². The normalized spacial score (nSPS) is 16.2. The number of amides is 2. The van der Waals surface area contributed by atoms with Gasteiger partial charge in [-0.2, -0.15) is 0 Å². The highest BCUT2D eigenvalue weighted by Gasteiger charge is 2.30. The monoisotopic (exact) mass is 380 g/mol. The largest absolute Gasteiger partial charge is 0.481 e. The summed E-state index contributed by atoms with van der Waals surface area (Å²) in [7, 11) is 0. The lowest BCUT2D eigenvalue weighted by molar-refractivity contribution is -0.141. The highest BCUT2D eigenvalue weighted by molar-refractivity contribution is 6.30. The maximum absolute atomic E-state index is 12.6. The van der Waals surface area contributed by atoms with Crippen molar-refractivity contribution in [2.45, 2.75) is 52.6 Å². The second-order valence-electron chi connectivity index (χ2n) is 6.91. The molecule has 26 heavy (non-hydrogen) atoms. The molecule has 1 heterocycles. The zero-order chi connectivity index (χ0) is 19.1. The number of hydrogen-bond donors (Lipinski definition) is 1. The Morgan fingerprint density at radius 2 is 2.04 bits per heavy atom. The first-order valence-corrected chi connectivity index (χ1v) is 9.79. The minimum absolute atomic E-state index is 0.00522. The van der Waals surface area contributed by atoms with Gasteiger partial charge in [0.2, 0.25) is 5.91 Å². The fourth-order valence-electron chi connectivity index (χ4n) is 3.14. The van der Waals surface area contributed by atoms with Crippen LogP contribution in [0.4, 0.5) is 0 Å². The van der Waals surface area contributed by atoms with Crippen LogP contribution in [0.25, 0.3) is 0 Å². The number of rotatable bonds is 7. The van der Waals surface area contributed by atoms with Gasteiger partial charge < -0.3 is 15.0 Å². The van der Waals surface area contributed by atoms with Crippen LogP contribution >= 0.6 is 11.6 Å². The van der Waals surface area contributed by atoms with E-state index in [1.807, 2.05) is 13.0 Å². The Bertz CT molecular complexity index is 627. The number of hydrogen-bond acceptors (Lipinski definition) is 3. The third kappa shape index (κ3) is 5.63. The summed E-state index contributed by atoms with van der Waals surface area (Å²) in [6, 6.07) is 5.36. The average Bonchev–Trinajstić information content (AvgIpc) is 2.63. The number of carbonyl (C=O) groups is 2. The summed E-state index contributed by atoms with van der Waals surface area (Å²) in [5, 5.41) is 3.63. The Labute approximate surface area is 161 Å². The molecule has 0 radical (unpaired) electrons. The molecule has 1 aromatic carbocycles. The van der Waals surface area contributed by atoms with Crippen molar-refractivity contribution in [3.63, 3.8) is 0 Å². The number of ether oxygens (including phenoxy) is 1. The van der Waals surface area contributed by atoms with E-state index in [4.69, 9.17) is 16.3 Å². The standard InChI is InChI=1S/C20H29ClN2O3/c1-4-5-10-22-19(24)16-8-11-23(12-9-16)20(25)15(3)26-18-7-6-17(21)13-14(18)2/h6-7,13,15-16H,4-5,8-12H2,1-3H3,(H,22,24). The van der Waals surface area contributed by atoms with Gasteiger partial charge in [0.15, 0.2) is 6.10 Å². The van der Waals surface area contributed by atoms with E-state index in [0.717, 1.165) is 24.9 Å². The third-order valence-electron chi connectivity index (χ3n) is 4.80. The Kier molecular flexibility index (Phi) is 7.76. The maximum atomic E-state index is 12.6. The van der Waals surface area contributed by atoms with Crippen LogP contribution < -0.4 is 10.1 Å². The van der Waals surface area contributed by atoms with Crippen LogP contribution in [0.1, 0.15) is 45.1 Å². The summed E-state index contributed by atoms with van der Waals surface area (Å²) in [6.45, 7) is 7.70. The van der Waals surface area contributed by atoms with Gasteiger partial charge in [0, 0.05) is 30.6 Å². The van der Waals surface area contributed by atoms with Crippen LogP contribution in [0.15, 0.2) is 18.2 Å². The molecule has 0 saturated carbocycles. The highest BCUT2D eigenvalue weighted by Crippen LogP contribution is 2.24. The fraction of sp³-hybridized carbons (Fsp3) is 0.600. The molecular weight excluding hydrogens is 352 g/mol. The number of nitrogens with zero attached hydrogens (tertiary/aromatic N) is 1. The Balaban J connectivity index is 1.82. The number of unbranched alkanes of at least 4 members (excludes halogenated alkanes) is 1. The van der Waals surface area contributed by atoms with Crippen molar-refractivity contribution in [1.82, 2.24) is 10.2 Å². The van der Waals surface area contributed by atoms with Crippen molar-refractivity contribution in [3.05, 3.63) is 28.8 Å². The molecule has 144 valence electrons. The van der Waals surface area contributed by atoms with Crippen LogP contribution in [0.2, 0.25) is 5.02 Å². The van der Waals surface area contributed by atoms with E-state index < -0.39 is 6.10 Å². The molecule has 2 amide bonds. The van der Waals surface area contributed by atoms with E-state index in [-0.39, 0.29) is 17.7 Å². The molecule has 1 unspecified atom stereocenters. The number of likely N-dealkylation sites (tertiary alicyclic amines) is 1. The zero-order valence-corrected chi connectivity index (χ0v) is 16.6. The van der Waals surface area contributed by atoms with Gasteiger partial charge in [-0.1, -0.05) is 24.9 Å². The number of nitrogens with one attached hydrogen (secondary N) is 1. The van der Waals surface area contributed by atoms with Gasteiger partial charge in [0.25, 0.3) is 5.91 Å². The van der Waals surface area contributed by atoms with E-state index in [9.17, 15) is 9.59 Å². The van der Waals surface area contributed by atoms with E-state index in [1.54, 1.807) is 24.0 Å². The minimum Gasteiger partial charge on any atom is -0.481 e. The lowest BCUT2D eigenvalue weighted by Crippen LogP contribution is -2.47. The molecule has 0 aliphatic carbocycles. The zero-order valence-electron chi connectivity index (χ0n) is 15.9. The summed E-state index contributed by atoms with van der Waals surface area (Å²) in [5.41, 5.74) is 0.902. The van der Waals surface area contributed by atoms with E-state index in [0.29, 0.717) is 36.7 Å². The summed E-state index contributed by atoms with van der Waals surface area (Å²) in [4.78, 5) is 26.6. The lowest BCUT2D eigenvalue weighted by Gasteiger charge is -2.33. The van der Waals surface area contributed by atoms with Crippen molar-refractivity contribution in [2.24, 2.45) is 5.92 Å². The van der Waals surface area contributed by atoms with Gasteiger partial charge in [-0.05, 0) is 56.9 Å². The van der Waals surface area contributed by atoms with Crippen molar-refractivity contribution in [3.8, 4) is 5.75 Å². The Morgan fingerprint density at radius 3 is 2.65 bits per heavy atom. The molecule has 1 N–H and O–H groups in total. The summed E-state index contributed by atoms with van der Waals surface area (Å²) >= 11 is 5.95. The van der Waals surface area contributed by atoms with Crippen LogP contribution in [-0.4, -0.2) is 42.5 Å². The summed E-state index contributed by atoms with van der Waals surface area (Å²) in [5.74, 6) is 0.752. The lowest BCUT2D eigenvalue weighted by atomic mass is 9.95. The van der Waals surface area contributed by atoms with Gasteiger partial charge in [0.05, 0.1) is 0 Å². The van der Waals surface area contributed by atoms with Gasteiger partial charge in [-0.15, -0.1) is 0 Å². The van der Waals surface area contributed by atoms with Crippen LogP contribution in [0, 0.1) is 12.8 Å². The van der Waals surface area contributed by atoms with Crippen LogP contribution in [-0.2, 0) is 9.59 Å². The number of benzene rings is 1. The molecule has 0 spiro atoms. The molecule has 1 aromatic rings. The molecule has 0 bridgehead atoms. The SMILES string of the molecule is CCCCNC(=O)C1CCN(C(=O)C(C)Oc2ccc(Cl)cc2C)CC1. The van der Waals surface area contributed by atoms with Crippen molar-refractivity contribution >= 4 is 23.4 Å². The first-order valence-electron chi connectivity index (χ1n) is 9.41. The molecular formula is C20H29ClN2O3. The maximum Gasteiger partial charge on any atom is 0.263 e. The first kappa shape index (κ1) is 20.6. The number of aryl methyl sites for hydroxylation is 1. The number of carbonyl (C=O) groups excluding carboxylic acids is 2. The van der Waals surface area contributed by atoms with Gasteiger partial charge >= 0.3 is 0 Å². The van der Waals surface area contributed by atoms with E-state index in [1.165, 1.54) is 0 Å². The second kappa shape index (κ2) is 9.81. The molecule has 0 aromatic heterocycles. The first-order chi connectivity index (χ1) is 12.4. The van der Waals surface area contributed by atoms with E-state index >= 15 is 0 Å². The molecule has 1 atom stereocenters. The Morgan fingerprint density at radius 1 is 1.35 bits per heavy atom. The molecule has 1 fully saturated rings. The minimum atomic E-state index is -0.565. The second-order valence-corrected chi connectivity index (χ2v) is 7.35. The quantitative estimate of drug-likeness (QED) is 0.735. The Hall–Kier alpha value is -1.75. The topological polar surface area (TPSA) is 58.6 Å². The van der Waals surface area contributed by atoms with Crippen molar-refractivity contribution in [2.75, 3.05) is 19.6 Å². The molecule has 2 rings (SSSR count). The molecule has 1 saturated heterocycles. The predicted molar refractivity (Wildman–Crippen MR) is 104 cm³/mol. The molecule has 6 heteroatoms. The van der Waals surface area contributed by atoms with E-state index in [2.05, 4.69) is 12.2 Å². The summed E-state index contributed by atoms with van der Waals surface area (Å²) < 4.78 is 5.83. The highest BCUT2D eigenvalue weighted by atomic mass is 35.5. The third-order valence-corrected chi connectivity index (χ3v) is 5.03.